The van der Waals surface area contributed by atoms with Gasteiger partial charge < -0.3 is 25.0 Å². The van der Waals surface area contributed by atoms with Gasteiger partial charge in [-0.05, 0) is 42.3 Å². The Balaban J connectivity index is 1.58. The van der Waals surface area contributed by atoms with Gasteiger partial charge in [0.05, 0.1) is 24.9 Å². The largest absolute Gasteiger partial charge is 0.496 e. The molecule has 0 aliphatic carbocycles. The molecular weight excluding hydrogens is 462 g/mol. The summed E-state index contributed by atoms with van der Waals surface area (Å²) < 4.78 is 5.43. The van der Waals surface area contributed by atoms with E-state index >= 15 is 0 Å². The van der Waals surface area contributed by atoms with Gasteiger partial charge in [-0.25, -0.2) is 0 Å². The van der Waals surface area contributed by atoms with Crippen LogP contribution in [0.5, 0.6) is 5.75 Å². The van der Waals surface area contributed by atoms with Crippen LogP contribution in [-0.4, -0.2) is 71.4 Å². The SMILES string of the molecule is COc1ccc(Cl)cc1-c1ccc2c(c1)C(=O)N1CCN(C(=O)CCCC(=O)O)CC1C(=O)N2. The molecule has 0 radical (unpaired) electrons. The highest BCUT2D eigenvalue weighted by atomic mass is 35.5. The summed E-state index contributed by atoms with van der Waals surface area (Å²) in [4.78, 5) is 52.6. The number of halogens is 1. The van der Waals surface area contributed by atoms with Crippen molar-refractivity contribution < 1.29 is 29.0 Å². The molecule has 1 saturated heterocycles. The number of carbonyl (C=O) groups is 4. The lowest BCUT2D eigenvalue weighted by Gasteiger charge is -2.39. The number of benzene rings is 2. The average molecular weight is 486 g/mol. The van der Waals surface area contributed by atoms with Crippen molar-refractivity contribution >= 4 is 41.0 Å². The average Bonchev–Trinajstić information content (AvgIpc) is 2.92. The Kier molecular flexibility index (Phi) is 6.74. The van der Waals surface area contributed by atoms with Crippen LogP contribution in [0.3, 0.4) is 0 Å². The molecule has 1 fully saturated rings. The Morgan fingerprint density at radius 1 is 1.12 bits per heavy atom. The highest BCUT2D eigenvalue weighted by Crippen LogP contribution is 2.36. The van der Waals surface area contributed by atoms with Crippen LogP contribution in [0.1, 0.15) is 29.6 Å². The molecule has 0 aromatic heterocycles. The second-order valence-electron chi connectivity index (χ2n) is 8.20. The minimum Gasteiger partial charge on any atom is -0.496 e. The number of carboxylic acids is 1. The number of hydrogen-bond donors (Lipinski definition) is 2. The molecular formula is C24H24ClN3O6. The van der Waals surface area contributed by atoms with Crippen molar-refractivity contribution in [1.82, 2.24) is 9.80 Å². The zero-order chi connectivity index (χ0) is 24.4. The van der Waals surface area contributed by atoms with Gasteiger partial charge in [0, 0.05) is 36.5 Å². The van der Waals surface area contributed by atoms with Crippen LogP contribution in [0, 0.1) is 0 Å². The van der Waals surface area contributed by atoms with Crippen molar-refractivity contribution in [2.24, 2.45) is 0 Å². The lowest BCUT2D eigenvalue weighted by atomic mass is 10.00. The molecule has 2 aromatic rings. The van der Waals surface area contributed by atoms with E-state index in [9.17, 15) is 19.2 Å². The number of carboxylic acid groups (broad SMARTS) is 1. The lowest BCUT2D eigenvalue weighted by Crippen LogP contribution is -2.59. The molecule has 3 amide bonds. The molecule has 1 unspecified atom stereocenters. The molecule has 2 aliphatic rings. The number of carbonyl (C=O) groups excluding carboxylic acids is 3. The van der Waals surface area contributed by atoms with Gasteiger partial charge in [0.1, 0.15) is 11.8 Å². The number of piperazine rings is 1. The quantitative estimate of drug-likeness (QED) is 0.650. The van der Waals surface area contributed by atoms with E-state index in [1.807, 2.05) is 0 Å². The molecule has 178 valence electrons. The Bertz CT molecular complexity index is 1170. The number of rotatable bonds is 6. The Labute approximate surface area is 201 Å². The van der Waals surface area contributed by atoms with Gasteiger partial charge in [0.15, 0.2) is 0 Å². The van der Waals surface area contributed by atoms with Gasteiger partial charge in [-0.15, -0.1) is 0 Å². The summed E-state index contributed by atoms with van der Waals surface area (Å²) in [5.41, 5.74) is 2.17. The third kappa shape index (κ3) is 4.70. The highest BCUT2D eigenvalue weighted by Gasteiger charge is 2.40. The van der Waals surface area contributed by atoms with E-state index in [1.165, 1.54) is 9.80 Å². The number of hydrogen-bond acceptors (Lipinski definition) is 5. The van der Waals surface area contributed by atoms with E-state index in [0.29, 0.717) is 27.6 Å². The molecule has 34 heavy (non-hydrogen) atoms. The summed E-state index contributed by atoms with van der Waals surface area (Å²) in [5.74, 6) is -1.26. The number of fused-ring (bicyclic) bond motifs is 2. The third-order valence-electron chi connectivity index (χ3n) is 6.06. The van der Waals surface area contributed by atoms with Crippen molar-refractivity contribution in [1.29, 1.82) is 0 Å². The Morgan fingerprint density at radius 3 is 2.65 bits per heavy atom. The molecule has 0 spiro atoms. The summed E-state index contributed by atoms with van der Waals surface area (Å²) in [6, 6.07) is 9.54. The Hall–Kier alpha value is -3.59. The summed E-state index contributed by atoms with van der Waals surface area (Å²) in [6.07, 6.45) is 0.216. The molecule has 2 aliphatic heterocycles. The van der Waals surface area contributed by atoms with Crippen LogP contribution in [0.2, 0.25) is 5.02 Å². The van der Waals surface area contributed by atoms with Crippen molar-refractivity contribution in [2.75, 3.05) is 32.1 Å². The number of amides is 3. The van der Waals surface area contributed by atoms with E-state index in [4.69, 9.17) is 21.4 Å². The topological polar surface area (TPSA) is 116 Å². The standard InChI is InChI=1S/C24H24ClN3O6/c1-34-20-8-6-15(25)12-16(20)14-5-7-18-17(11-14)24(33)28-10-9-27(13-19(28)23(32)26-18)21(29)3-2-4-22(30)31/h5-8,11-12,19H,2-4,9-10,13H2,1H3,(H,26,32)(H,30,31). The van der Waals surface area contributed by atoms with Gasteiger partial charge in [-0.2, -0.15) is 0 Å². The number of methoxy groups -OCH3 is 1. The second kappa shape index (κ2) is 9.72. The smallest absolute Gasteiger partial charge is 0.303 e. The summed E-state index contributed by atoms with van der Waals surface area (Å²) in [5, 5.41) is 12.1. The van der Waals surface area contributed by atoms with Crippen molar-refractivity contribution in [3.05, 3.63) is 47.0 Å². The van der Waals surface area contributed by atoms with E-state index in [0.717, 1.165) is 5.56 Å². The zero-order valence-electron chi connectivity index (χ0n) is 18.5. The van der Waals surface area contributed by atoms with Gasteiger partial charge in [-0.1, -0.05) is 17.7 Å². The fraction of sp³-hybridized carbons (Fsp3) is 0.333. The summed E-state index contributed by atoms with van der Waals surface area (Å²) in [6.45, 7) is 0.538. The summed E-state index contributed by atoms with van der Waals surface area (Å²) >= 11 is 6.17. The van der Waals surface area contributed by atoms with Crippen LogP contribution in [-0.2, 0) is 14.4 Å². The van der Waals surface area contributed by atoms with Crippen molar-refractivity contribution in [3.8, 4) is 16.9 Å². The van der Waals surface area contributed by atoms with Crippen LogP contribution < -0.4 is 10.1 Å². The van der Waals surface area contributed by atoms with E-state index in [-0.39, 0.29) is 56.6 Å². The first kappa shape index (κ1) is 23.6. The molecule has 9 nitrogen and oxygen atoms in total. The molecule has 2 aromatic carbocycles. The number of nitrogens with one attached hydrogen (secondary N) is 1. The van der Waals surface area contributed by atoms with E-state index in [2.05, 4.69) is 5.32 Å². The third-order valence-corrected chi connectivity index (χ3v) is 6.29. The maximum absolute atomic E-state index is 13.5. The minimum atomic E-state index is -0.959. The predicted octanol–water partition coefficient (Wildman–Crippen LogP) is 2.88. The fourth-order valence-electron chi connectivity index (χ4n) is 4.30. The monoisotopic (exact) mass is 485 g/mol. The fourth-order valence-corrected chi connectivity index (χ4v) is 4.47. The number of nitrogens with zero attached hydrogens (tertiary/aromatic N) is 2. The molecule has 10 heteroatoms. The van der Waals surface area contributed by atoms with Crippen LogP contribution in [0.25, 0.3) is 11.1 Å². The minimum absolute atomic E-state index is 0.0619. The van der Waals surface area contributed by atoms with E-state index in [1.54, 1.807) is 43.5 Å². The number of anilines is 1. The second-order valence-corrected chi connectivity index (χ2v) is 8.63. The van der Waals surface area contributed by atoms with Crippen LogP contribution in [0.4, 0.5) is 5.69 Å². The number of ether oxygens (including phenoxy) is 1. The molecule has 0 bridgehead atoms. The maximum atomic E-state index is 13.5. The molecule has 1 atom stereocenters. The first-order valence-corrected chi connectivity index (χ1v) is 11.3. The number of aliphatic carboxylic acids is 1. The van der Waals surface area contributed by atoms with Gasteiger partial charge in [0.2, 0.25) is 11.8 Å². The van der Waals surface area contributed by atoms with Gasteiger partial charge in [0.25, 0.3) is 5.91 Å². The normalized spacial score (nSPS) is 17.4. The molecule has 2 heterocycles. The van der Waals surface area contributed by atoms with Crippen molar-refractivity contribution in [2.45, 2.75) is 25.3 Å². The summed E-state index contributed by atoms with van der Waals surface area (Å²) in [7, 11) is 1.55. The maximum Gasteiger partial charge on any atom is 0.303 e. The molecule has 4 rings (SSSR count). The predicted molar refractivity (Wildman–Crippen MR) is 125 cm³/mol. The first-order chi connectivity index (χ1) is 16.3. The van der Waals surface area contributed by atoms with Gasteiger partial charge in [-0.3, -0.25) is 19.2 Å². The molecule has 2 N–H and O–H groups in total. The Morgan fingerprint density at radius 2 is 1.91 bits per heavy atom. The van der Waals surface area contributed by atoms with Gasteiger partial charge >= 0.3 is 5.97 Å². The molecule has 0 saturated carbocycles. The van der Waals surface area contributed by atoms with Crippen LogP contribution >= 0.6 is 11.6 Å². The highest BCUT2D eigenvalue weighted by molar-refractivity contribution is 6.31. The van der Waals surface area contributed by atoms with E-state index < -0.39 is 12.0 Å². The van der Waals surface area contributed by atoms with Crippen molar-refractivity contribution in [3.63, 3.8) is 0 Å². The zero-order valence-corrected chi connectivity index (χ0v) is 19.3. The lowest BCUT2D eigenvalue weighted by molar-refractivity contribution is -0.137. The first-order valence-electron chi connectivity index (χ1n) is 10.9. The van der Waals surface area contributed by atoms with Crippen LogP contribution in [0.15, 0.2) is 36.4 Å².